The van der Waals surface area contributed by atoms with E-state index >= 15 is 0 Å². The van der Waals surface area contributed by atoms with Crippen LogP contribution >= 0.6 is 15.9 Å². The first-order chi connectivity index (χ1) is 8.16. The highest BCUT2D eigenvalue weighted by Crippen LogP contribution is 2.33. The Morgan fingerprint density at radius 3 is 3.00 bits per heavy atom. The van der Waals surface area contributed by atoms with Crippen molar-refractivity contribution in [3.05, 3.63) is 29.8 Å². The summed E-state index contributed by atoms with van der Waals surface area (Å²) in [4.78, 5) is 2.99. The minimum absolute atomic E-state index is 0.529. The van der Waals surface area contributed by atoms with Crippen LogP contribution in [0.4, 0.5) is 0 Å². The lowest BCUT2D eigenvalue weighted by Gasteiger charge is -2.20. The van der Waals surface area contributed by atoms with E-state index < -0.39 is 0 Å². The number of hydrogen-bond acceptors (Lipinski definition) is 2. The van der Waals surface area contributed by atoms with Gasteiger partial charge in [-0.25, -0.2) is 0 Å². The summed E-state index contributed by atoms with van der Waals surface area (Å²) in [6.07, 6.45) is 1.19. The second kappa shape index (κ2) is 5.87. The standard InChI is InChI=1S/C14H20BrNO/c1-11(15)7-8-16(2)9-12-10-17-14-6-4-3-5-13(12)14/h3-6,11-12H,7-10H2,1-2H3. The normalized spacial score (nSPS) is 20.1. The Labute approximate surface area is 112 Å². The molecule has 3 heteroatoms. The van der Waals surface area contributed by atoms with Crippen molar-refractivity contribution < 1.29 is 4.74 Å². The Balaban J connectivity index is 1.88. The molecule has 0 bridgehead atoms. The first kappa shape index (κ1) is 12.9. The molecule has 2 rings (SSSR count). The number of alkyl halides is 1. The van der Waals surface area contributed by atoms with E-state index in [9.17, 15) is 0 Å². The van der Waals surface area contributed by atoms with E-state index in [0.29, 0.717) is 10.7 Å². The van der Waals surface area contributed by atoms with Gasteiger partial charge in [-0.15, -0.1) is 0 Å². The number of ether oxygens (including phenoxy) is 1. The van der Waals surface area contributed by atoms with Gasteiger partial charge >= 0.3 is 0 Å². The molecule has 0 aromatic heterocycles. The summed E-state index contributed by atoms with van der Waals surface area (Å²) in [6.45, 7) is 5.23. The quantitative estimate of drug-likeness (QED) is 0.774. The summed E-state index contributed by atoms with van der Waals surface area (Å²) >= 11 is 3.59. The second-order valence-corrected chi connectivity index (χ2v) is 6.44. The number of halogens is 1. The maximum Gasteiger partial charge on any atom is 0.122 e. The van der Waals surface area contributed by atoms with Gasteiger partial charge in [-0.3, -0.25) is 0 Å². The van der Waals surface area contributed by atoms with E-state index in [1.807, 2.05) is 6.07 Å². The van der Waals surface area contributed by atoms with Crippen LogP contribution in [0.2, 0.25) is 0 Å². The molecule has 1 aromatic rings. The molecule has 1 heterocycles. The van der Waals surface area contributed by atoms with Gasteiger partial charge < -0.3 is 9.64 Å². The number of para-hydroxylation sites is 1. The van der Waals surface area contributed by atoms with Gasteiger partial charge in [0.25, 0.3) is 0 Å². The summed E-state index contributed by atoms with van der Waals surface area (Å²) < 4.78 is 5.70. The van der Waals surface area contributed by atoms with Gasteiger partial charge in [0, 0.05) is 22.9 Å². The van der Waals surface area contributed by atoms with Crippen LogP contribution in [0.15, 0.2) is 24.3 Å². The highest BCUT2D eigenvalue weighted by molar-refractivity contribution is 9.09. The minimum atomic E-state index is 0.529. The summed E-state index contributed by atoms with van der Waals surface area (Å²) in [5.74, 6) is 1.60. The van der Waals surface area contributed by atoms with E-state index in [1.165, 1.54) is 12.0 Å². The lowest BCUT2D eigenvalue weighted by molar-refractivity contribution is 0.265. The van der Waals surface area contributed by atoms with Crippen molar-refractivity contribution in [2.24, 2.45) is 0 Å². The fraction of sp³-hybridized carbons (Fsp3) is 0.571. The second-order valence-electron chi connectivity index (χ2n) is 4.88. The van der Waals surface area contributed by atoms with Gasteiger partial charge in [0.15, 0.2) is 0 Å². The van der Waals surface area contributed by atoms with Crippen LogP contribution in [0.25, 0.3) is 0 Å². The Bertz CT molecular complexity index is 367. The van der Waals surface area contributed by atoms with Crippen molar-refractivity contribution in [3.63, 3.8) is 0 Å². The fourth-order valence-electron chi connectivity index (χ4n) is 2.25. The number of nitrogens with zero attached hydrogens (tertiary/aromatic N) is 1. The van der Waals surface area contributed by atoms with Gasteiger partial charge in [-0.05, 0) is 26.1 Å². The Hall–Kier alpha value is -0.540. The van der Waals surface area contributed by atoms with Gasteiger partial charge in [0.2, 0.25) is 0 Å². The number of hydrogen-bond donors (Lipinski definition) is 0. The molecule has 0 N–H and O–H groups in total. The molecule has 1 aliphatic heterocycles. The molecule has 94 valence electrons. The van der Waals surface area contributed by atoms with Crippen molar-refractivity contribution in [3.8, 4) is 5.75 Å². The number of rotatable bonds is 5. The zero-order chi connectivity index (χ0) is 12.3. The molecular formula is C14H20BrNO. The predicted molar refractivity (Wildman–Crippen MR) is 75.2 cm³/mol. The molecule has 2 unspecified atom stereocenters. The topological polar surface area (TPSA) is 12.5 Å². The van der Waals surface area contributed by atoms with E-state index in [-0.39, 0.29) is 0 Å². The maximum atomic E-state index is 5.70. The molecule has 17 heavy (non-hydrogen) atoms. The van der Waals surface area contributed by atoms with E-state index in [1.54, 1.807) is 0 Å². The van der Waals surface area contributed by atoms with E-state index in [4.69, 9.17) is 4.74 Å². The van der Waals surface area contributed by atoms with Crippen LogP contribution in [0.3, 0.4) is 0 Å². The van der Waals surface area contributed by atoms with Crippen LogP contribution in [0.1, 0.15) is 24.8 Å². The zero-order valence-corrected chi connectivity index (χ0v) is 12.1. The Morgan fingerprint density at radius 1 is 1.47 bits per heavy atom. The molecule has 0 spiro atoms. The van der Waals surface area contributed by atoms with E-state index in [2.05, 4.69) is 53.0 Å². The van der Waals surface area contributed by atoms with Gasteiger partial charge in [0.1, 0.15) is 5.75 Å². The summed E-state index contributed by atoms with van der Waals surface area (Å²) in [7, 11) is 2.19. The van der Waals surface area contributed by atoms with Gasteiger partial charge in [0.05, 0.1) is 6.61 Å². The lowest BCUT2D eigenvalue weighted by atomic mass is 10.0. The Morgan fingerprint density at radius 2 is 2.24 bits per heavy atom. The average molecular weight is 298 g/mol. The molecule has 0 fully saturated rings. The minimum Gasteiger partial charge on any atom is -0.493 e. The fourth-order valence-corrected chi connectivity index (χ4v) is 2.45. The van der Waals surface area contributed by atoms with E-state index in [0.717, 1.165) is 25.4 Å². The van der Waals surface area contributed by atoms with Crippen molar-refractivity contribution in [1.82, 2.24) is 4.90 Å². The molecule has 1 aliphatic rings. The lowest BCUT2D eigenvalue weighted by Crippen LogP contribution is -2.27. The smallest absolute Gasteiger partial charge is 0.122 e. The zero-order valence-electron chi connectivity index (χ0n) is 10.5. The first-order valence-corrected chi connectivity index (χ1v) is 7.12. The number of fused-ring (bicyclic) bond motifs is 1. The highest BCUT2D eigenvalue weighted by atomic mass is 79.9. The molecule has 0 saturated carbocycles. The number of benzene rings is 1. The van der Waals surface area contributed by atoms with Crippen molar-refractivity contribution in [2.75, 3.05) is 26.7 Å². The highest BCUT2D eigenvalue weighted by Gasteiger charge is 2.24. The van der Waals surface area contributed by atoms with Crippen LogP contribution in [-0.4, -0.2) is 36.5 Å². The third kappa shape index (κ3) is 3.46. The SMILES string of the molecule is CC(Br)CCN(C)CC1COc2ccccc21. The van der Waals surface area contributed by atoms with Crippen molar-refractivity contribution in [1.29, 1.82) is 0 Å². The molecule has 2 nitrogen and oxygen atoms in total. The van der Waals surface area contributed by atoms with Crippen molar-refractivity contribution in [2.45, 2.75) is 24.1 Å². The molecule has 0 saturated heterocycles. The monoisotopic (exact) mass is 297 g/mol. The third-order valence-electron chi connectivity index (χ3n) is 3.24. The van der Waals surface area contributed by atoms with Crippen LogP contribution in [-0.2, 0) is 0 Å². The average Bonchev–Trinajstić information content (AvgIpc) is 2.70. The van der Waals surface area contributed by atoms with Gasteiger partial charge in [-0.2, -0.15) is 0 Å². The molecular weight excluding hydrogens is 278 g/mol. The molecule has 0 radical (unpaired) electrons. The number of likely N-dealkylation sites (N-methyl/N-ethyl adjacent to an activating group) is 1. The van der Waals surface area contributed by atoms with Crippen LogP contribution < -0.4 is 4.74 Å². The summed E-state index contributed by atoms with van der Waals surface area (Å²) in [6, 6.07) is 8.39. The summed E-state index contributed by atoms with van der Waals surface area (Å²) in [5, 5.41) is 0. The molecule has 1 aromatic carbocycles. The third-order valence-corrected chi connectivity index (χ3v) is 3.70. The molecule has 0 aliphatic carbocycles. The van der Waals surface area contributed by atoms with Gasteiger partial charge in [-0.1, -0.05) is 41.1 Å². The Kier molecular flexibility index (Phi) is 4.46. The van der Waals surface area contributed by atoms with Crippen LogP contribution in [0.5, 0.6) is 5.75 Å². The first-order valence-electron chi connectivity index (χ1n) is 6.21. The predicted octanol–water partition coefficient (Wildman–Crippen LogP) is 3.27. The van der Waals surface area contributed by atoms with Crippen molar-refractivity contribution >= 4 is 15.9 Å². The maximum absolute atomic E-state index is 5.70. The largest absolute Gasteiger partial charge is 0.493 e. The summed E-state index contributed by atoms with van der Waals surface area (Å²) in [5.41, 5.74) is 1.37. The van der Waals surface area contributed by atoms with Crippen LogP contribution in [0, 0.1) is 0 Å². The molecule has 2 atom stereocenters. The molecule has 0 amide bonds.